The fraction of sp³-hybridized carbons (Fsp3) is 0.435. The fourth-order valence-electron chi connectivity index (χ4n) is 3.81. The number of aryl methyl sites for hydroxylation is 1. The molecule has 0 saturated carbocycles. The number of aromatic amines is 1. The van der Waals surface area contributed by atoms with E-state index in [1.165, 1.54) is 10.8 Å². The van der Waals surface area contributed by atoms with Gasteiger partial charge in [-0.1, -0.05) is 39.3 Å². The van der Waals surface area contributed by atoms with E-state index in [9.17, 15) is 13.2 Å². The molecule has 34 heavy (non-hydrogen) atoms. The Morgan fingerprint density at radius 1 is 1.09 bits per heavy atom. The average molecular weight is 473 g/mol. The SMILES string of the molecule is CCCCc1nc(C(C)CC)n(Cc2ccc(-n3ccc(C(F)(F)F)c3-c3nn[nH]n3)cc2)n1. The number of hydrogen-bond acceptors (Lipinski definition) is 5. The first-order chi connectivity index (χ1) is 16.3. The summed E-state index contributed by atoms with van der Waals surface area (Å²) in [6.07, 6.45) is 0.741. The fourth-order valence-corrected chi connectivity index (χ4v) is 3.81. The second-order valence-corrected chi connectivity index (χ2v) is 8.30. The molecule has 4 rings (SSSR count). The topological polar surface area (TPSA) is 90.1 Å². The van der Waals surface area contributed by atoms with Gasteiger partial charge in [0.1, 0.15) is 11.5 Å². The van der Waals surface area contributed by atoms with E-state index in [1.54, 1.807) is 12.1 Å². The molecule has 0 amide bonds. The predicted molar refractivity (Wildman–Crippen MR) is 120 cm³/mol. The average Bonchev–Trinajstić information content (AvgIpc) is 3.56. The van der Waals surface area contributed by atoms with Crippen LogP contribution in [0.3, 0.4) is 0 Å². The number of halogens is 3. The molecule has 11 heteroatoms. The molecule has 0 aliphatic rings. The lowest BCUT2D eigenvalue weighted by atomic mass is 10.1. The van der Waals surface area contributed by atoms with Crippen molar-refractivity contribution in [3.8, 4) is 17.2 Å². The van der Waals surface area contributed by atoms with Crippen LogP contribution in [0.1, 0.15) is 68.7 Å². The maximum atomic E-state index is 13.6. The van der Waals surface area contributed by atoms with E-state index in [0.717, 1.165) is 49.0 Å². The third kappa shape index (κ3) is 4.87. The van der Waals surface area contributed by atoms with Crippen LogP contribution in [0.5, 0.6) is 0 Å². The van der Waals surface area contributed by atoms with E-state index in [0.29, 0.717) is 12.2 Å². The zero-order valence-corrected chi connectivity index (χ0v) is 19.3. The summed E-state index contributed by atoms with van der Waals surface area (Å²) in [5, 5.41) is 17.9. The highest BCUT2D eigenvalue weighted by atomic mass is 19.4. The van der Waals surface area contributed by atoms with Crippen LogP contribution < -0.4 is 0 Å². The number of nitrogens with one attached hydrogen (secondary N) is 1. The van der Waals surface area contributed by atoms with Gasteiger partial charge in [0.05, 0.1) is 12.1 Å². The van der Waals surface area contributed by atoms with Crippen LogP contribution in [-0.4, -0.2) is 40.0 Å². The molecule has 0 aliphatic heterocycles. The van der Waals surface area contributed by atoms with Gasteiger partial charge >= 0.3 is 6.18 Å². The molecule has 0 fully saturated rings. The molecular weight excluding hydrogens is 445 g/mol. The van der Waals surface area contributed by atoms with E-state index in [4.69, 9.17) is 10.1 Å². The van der Waals surface area contributed by atoms with Crippen molar-refractivity contribution in [2.24, 2.45) is 0 Å². The summed E-state index contributed by atoms with van der Waals surface area (Å²) < 4.78 is 44.1. The number of nitrogens with zero attached hydrogens (tertiary/aromatic N) is 7. The molecule has 4 aromatic rings. The summed E-state index contributed by atoms with van der Waals surface area (Å²) in [5.41, 5.74) is 0.552. The van der Waals surface area contributed by atoms with Gasteiger partial charge in [-0.2, -0.15) is 23.5 Å². The zero-order chi connectivity index (χ0) is 24.3. The first-order valence-electron chi connectivity index (χ1n) is 11.4. The van der Waals surface area contributed by atoms with Gasteiger partial charge in [-0.25, -0.2) is 9.67 Å². The number of hydrogen-bond donors (Lipinski definition) is 1. The van der Waals surface area contributed by atoms with E-state index >= 15 is 0 Å². The molecule has 0 saturated heterocycles. The van der Waals surface area contributed by atoms with Crippen molar-refractivity contribution >= 4 is 0 Å². The Kier molecular flexibility index (Phi) is 6.80. The first kappa shape index (κ1) is 23.7. The largest absolute Gasteiger partial charge is 0.418 e. The van der Waals surface area contributed by atoms with Crippen LogP contribution in [0.15, 0.2) is 36.5 Å². The third-order valence-corrected chi connectivity index (χ3v) is 5.85. The van der Waals surface area contributed by atoms with Crippen LogP contribution in [0, 0.1) is 0 Å². The van der Waals surface area contributed by atoms with E-state index < -0.39 is 11.7 Å². The quantitative estimate of drug-likeness (QED) is 0.363. The molecule has 1 aromatic carbocycles. The second-order valence-electron chi connectivity index (χ2n) is 8.30. The van der Waals surface area contributed by atoms with Gasteiger partial charge in [0, 0.05) is 24.2 Å². The lowest BCUT2D eigenvalue weighted by Gasteiger charge is -2.13. The van der Waals surface area contributed by atoms with Gasteiger partial charge in [-0.3, -0.25) is 0 Å². The monoisotopic (exact) mass is 472 g/mol. The van der Waals surface area contributed by atoms with E-state index in [2.05, 4.69) is 41.4 Å². The van der Waals surface area contributed by atoms with Crippen molar-refractivity contribution in [2.75, 3.05) is 0 Å². The number of tetrazole rings is 1. The number of aromatic nitrogens is 8. The van der Waals surface area contributed by atoms with Gasteiger partial charge < -0.3 is 4.57 Å². The normalized spacial score (nSPS) is 12.9. The number of H-pyrrole nitrogens is 1. The Bertz CT molecular complexity index is 1210. The van der Waals surface area contributed by atoms with Crippen molar-refractivity contribution in [1.82, 2.24) is 40.0 Å². The number of benzene rings is 1. The highest BCUT2D eigenvalue weighted by Gasteiger charge is 2.37. The zero-order valence-electron chi connectivity index (χ0n) is 19.3. The molecule has 3 aromatic heterocycles. The Morgan fingerprint density at radius 3 is 2.47 bits per heavy atom. The highest BCUT2D eigenvalue weighted by molar-refractivity contribution is 5.61. The van der Waals surface area contributed by atoms with Crippen LogP contribution in [0.25, 0.3) is 17.2 Å². The summed E-state index contributed by atoms with van der Waals surface area (Å²) >= 11 is 0. The van der Waals surface area contributed by atoms with Crippen molar-refractivity contribution in [2.45, 2.75) is 65.1 Å². The minimum atomic E-state index is -4.55. The minimum Gasteiger partial charge on any atom is -0.313 e. The molecule has 0 bridgehead atoms. The molecule has 1 N–H and O–H groups in total. The van der Waals surface area contributed by atoms with E-state index in [-0.39, 0.29) is 17.4 Å². The lowest BCUT2D eigenvalue weighted by Crippen LogP contribution is -2.10. The summed E-state index contributed by atoms with van der Waals surface area (Å²) in [4.78, 5) is 4.76. The van der Waals surface area contributed by atoms with E-state index in [1.807, 2.05) is 16.8 Å². The standard InChI is InChI=1S/C23H27F3N8/c1-4-6-7-19-27-22(15(3)5-2)34(30-19)14-16-8-10-17(11-9-16)33-13-12-18(23(24,25)26)20(33)21-28-31-32-29-21/h8-13,15H,4-7,14H2,1-3H3,(H,28,29,31,32). The van der Waals surface area contributed by atoms with Crippen molar-refractivity contribution < 1.29 is 13.2 Å². The van der Waals surface area contributed by atoms with Crippen molar-refractivity contribution in [3.05, 3.63) is 59.3 Å². The molecule has 1 unspecified atom stereocenters. The Labute approximate surface area is 195 Å². The van der Waals surface area contributed by atoms with Crippen LogP contribution in [-0.2, 0) is 19.1 Å². The van der Waals surface area contributed by atoms with Gasteiger partial charge in [0.15, 0.2) is 5.82 Å². The molecule has 3 heterocycles. The van der Waals surface area contributed by atoms with Crippen molar-refractivity contribution in [3.63, 3.8) is 0 Å². The second kappa shape index (κ2) is 9.78. The molecule has 180 valence electrons. The molecule has 0 aliphatic carbocycles. The Hall–Kier alpha value is -3.50. The van der Waals surface area contributed by atoms with Gasteiger partial charge in [0.25, 0.3) is 0 Å². The van der Waals surface area contributed by atoms with Crippen molar-refractivity contribution in [1.29, 1.82) is 0 Å². The molecule has 1 atom stereocenters. The first-order valence-corrected chi connectivity index (χ1v) is 11.4. The van der Waals surface area contributed by atoms with Crippen LogP contribution in [0.4, 0.5) is 13.2 Å². The highest BCUT2D eigenvalue weighted by Crippen LogP contribution is 2.37. The molecule has 8 nitrogen and oxygen atoms in total. The third-order valence-electron chi connectivity index (χ3n) is 5.85. The summed E-state index contributed by atoms with van der Waals surface area (Å²) in [6.45, 7) is 6.94. The summed E-state index contributed by atoms with van der Waals surface area (Å²) in [7, 11) is 0. The van der Waals surface area contributed by atoms with Crippen LogP contribution in [0.2, 0.25) is 0 Å². The predicted octanol–water partition coefficient (Wildman–Crippen LogP) is 5.17. The Balaban J connectivity index is 1.63. The van der Waals surface area contributed by atoms with Crippen LogP contribution >= 0.6 is 0 Å². The maximum Gasteiger partial charge on any atom is 0.418 e. The molecule has 0 radical (unpaired) electrons. The van der Waals surface area contributed by atoms with Gasteiger partial charge in [0.2, 0.25) is 5.82 Å². The number of unbranched alkanes of at least 4 members (excludes halogenated alkanes) is 1. The maximum absolute atomic E-state index is 13.6. The number of alkyl halides is 3. The van der Waals surface area contributed by atoms with Gasteiger partial charge in [-0.05, 0) is 41.8 Å². The molecular formula is C23H27F3N8. The minimum absolute atomic E-state index is 0.123. The summed E-state index contributed by atoms with van der Waals surface area (Å²) in [6, 6.07) is 8.34. The summed E-state index contributed by atoms with van der Waals surface area (Å²) in [5.74, 6) is 1.96. The Morgan fingerprint density at radius 2 is 1.85 bits per heavy atom. The smallest absolute Gasteiger partial charge is 0.313 e. The molecule has 0 spiro atoms. The van der Waals surface area contributed by atoms with Gasteiger partial charge in [-0.15, -0.1) is 10.2 Å². The number of rotatable bonds is 9. The lowest BCUT2D eigenvalue weighted by molar-refractivity contribution is -0.137.